The van der Waals surface area contributed by atoms with Crippen molar-refractivity contribution in [2.75, 3.05) is 4.90 Å². The van der Waals surface area contributed by atoms with Crippen molar-refractivity contribution in [3.05, 3.63) is 131 Å². The fraction of sp³-hybridized carbons (Fsp3) is 0.171. The van der Waals surface area contributed by atoms with Gasteiger partial charge in [-0.2, -0.15) is 0 Å². The van der Waals surface area contributed by atoms with Gasteiger partial charge in [0, 0.05) is 39.1 Å². The average Bonchev–Trinajstić information content (AvgIpc) is 3.49. The molecule has 2 aromatic carbocycles. The summed E-state index contributed by atoms with van der Waals surface area (Å²) >= 11 is 0. The van der Waals surface area contributed by atoms with Crippen molar-refractivity contribution in [1.82, 2.24) is 0 Å². The molecule has 0 atom stereocenters. The zero-order valence-electron chi connectivity index (χ0n) is 23.6. The fourth-order valence-corrected chi connectivity index (χ4v) is 5.17. The van der Waals surface area contributed by atoms with Crippen molar-refractivity contribution < 1.29 is 14.0 Å². The molecule has 0 spiro atoms. The van der Waals surface area contributed by atoms with Crippen LogP contribution in [0.4, 0.5) is 11.4 Å². The SMILES string of the molecule is C=C1C(=C)C(=O)C(=Cc2cc3c(o2)C(=C/C)/C(=N\C(=C)N(c2ccc(C)cc2)c2ccc(C)cc2)C3(C)C)C1=O. The van der Waals surface area contributed by atoms with Crippen LogP contribution in [-0.4, -0.2) is 17.3 Å². The maximum absolute atomic E-state index is 12.5. The van der Waals surface area contributed by atoms with Crippen LogP contribution in [-0.2, 0) is 15.0 Å². The van der Waals surface area contributed by atoms with Crippen LogP contribution >= 0.6 is 0 Å². The lowest BCUT2D eigenvalue weighted by molar-refractivity contribution is -0.115. The zero-order valence-corrected chi connectivity index (χ0v) is 23.6. The van der Waals surface area contributed by atoms with E-state index in [-0.39, 0.29) is 16.7 Å². The van der Waals surface area contributed by atoms with E-state index in [4.69, 9.17) is 9.41 Å². The Labute approximate surface area is 235 Å². The number of aliphatic imine (C=N–C) groups is 1. The Kier molecular flexibility index (Phi) is 6.54. The van der Waals surface area contributed by atoms with Gasteiger partial charge in [0.05, 0.1) is 11.3 Å². The number of anilines is 2. The molecule has 0 aliphatic heterocycles. The second-order valence-electron chi connectivity index (χ2n) is 10.8. The highest BCUT2D eigenvalue weighted by atomic mass is 16.3. The first-order chi connectivity index (χ1) is 18.9. The normalized spacial score (nSPS) is 18.2. The summed E-state index contributed by atoms with van der Waals surface area (Å²) in [5, 5.41) is 0. The van der Waals surface area contributed by atoms with Gasteiger partial charge in [0.15, 0.2) is 11.6 Å². The van der Waals surface area contributed by atoms with Crippen LogP contribution < -0.4 is 4.90 Å². The van der Waals surface area contributed by atoms with Gasteiger partial charge >= 0.3 is 0 Å². The molecule has 2 aliphatic rings. The van der Waals surface area contributed by atoms with Crippen LogP contribution in [0.25, 0.3) is 11.6 Å². The zero-order chi connectivity index (χ0) is 28.9. The molecule has 0 N–H and O–H groups in total. The van der Waals surface area contributed by atoms with E-state index >= 15 is 0 Å². The molecule has 1 heterocycles. The topological polar surface area (TPSA) is 62.9 Å². The number of nitrogens with zero attached hydrogens (tertiary/aromatic N) is 2. The van der Waals surface area contributed by atoms with E-state index in [2.05, 4.69) is 96.0 Å². The molecule has 0 unspecified atom stereocenters. The summed E-state index contributed by atoms with van der Waals surface area (Å²) in [5.41, 5.74) is 6.61. The number of carbonyl (C=O) groups is 2. The van der Waals surface area contributed by atoms with Gasteiger partial charge in [0.25, 0.3) is 0 Å². The third kappa shape index (κ3) is 4.34. The van der Waals surface area contributed by atoms with Gasteiger partial charge in [-0.3, -0.25) is 14.5 Å². The first-order valence-corrected chi connectivity index (χ1v) is 13.2. The summed E-state index contributed by atoms with van der Waals surface area (Å²) in [6, 6.07) is 18.4. The molecule has 40 heavy (non-hydrogen) atoms. The number of Topliss-reactive ketones (excluding diaryl/α,β-unsaturated/α-hetero) is 2. The number of aryl methyl sites for hydroxylation is 2. The highest BCUT2D eigenvalue weighted by molar-refractivity contribution is 6.43. The van der Waals surface area contributed by atoms with Crippen molar-refractivity contribution in [2.24, 2.45) is 4.99 Å². The van der Waals surface area contributed by atoms with Gasteiger partial charge < -0.3 is 4.42 Å². The first kappa shape index (κ1) is 26.8. The Bertz CT molecular complexity index is 1630. The number of benzene rings is 2. The third-order valence-corrected chi connectivity index (χ3v) is 7.58. The van der Waals surface area contributed by atoms with Crippen molar-refractivity contribution in [2.45, 2.75) is 40.0 Å². The quantitative estimate of drug-likeness (QED) is 0.249. The largest absolute Gasteiger partial charge is 0.456 e. The first-order valence-electron chi connectivity index (χ1n) is 13.2. The number of furan rings is 1. The maximum atomic E-state index is 12.5. The van der Waals surface area contributed by atoms with Crippen LogP contribution in [0.2, 0.25) is 0 Å². The predicted molar refractivity (Wildman–Crippen MR) is 163 cm³/mol. The number of fused-ring (bicyclic) bond motifs is 1. The summed E-state index contributed by atoms with van der Waals surface area (Å²) in [4.78, 5) is 32.2. The molecule has 5 nitrogen and oxygen atoms in total. The molecular weight excluding hydrogens is 496 g/mol. The lowest BCUT2D eigenvalue weighted by atomic mass is 9.85. The number of allylic oxidation sites excluding steroid dienone is 5. The summed E-state index contributed by atoms with van der Waals surface area (Å²) in [5.74, 6) is 0.835. The van der Waals surface area contributed by atoms with E-state index < -0.39 is 17.0 Å². The van der Waals surface area contributed by atoms with E-state index in [0.717, 1.165) is 28.2 Å². The van der Waals surface area contributed by atoms with E-state index in [9.17, 15) is 9.59 Å². The molecule has 200 valence electrons. The Morgan fingerprint density at radius 3 is 1.85 bits per heavy atom. The number of ketones is 2. The van der Waals surface area contributed by atoms with Crippen LogP contribution in [0.5, 0.6) is 0 Å². The number of hydrogen-bond donors (Lipinski definition) is 0. The van der Waals surface area contributed by atoms with E-state index in [1.54, 1.807) is 0 Å². The lowest BCUT2D eigenvalue weighted by Crippen LogP contribution is -2.25. The van der Waals surface area contributed by atoms with Crippen LogP contribution in [0.15, 0.2) is 112 Å². The predicted octanol–water partition coefficient (Wildman–Crippen LogP) is 7.99. The number of rotatable bonds is 5. The van der Waals surface area contributed by atoms with Gasteiger partial charge in [-0.05, 0) is 71.0 Å². The molecule has 1 aromatic heterocycles. The maximum Gasteiger partial charge on any atom is 0.197 e. The summed E-state index contributed by atoms with van der Waals surface area (Å²) in [7, 11) is 0. The molecule has 2 aliphatic carbocycles. The molecule has 0 radical (unpaired) electrons. The Hall–Kier alpha value is -4.77. The Morgan fingerprint density at radius 1 is 0.875 bits per heavy atom. The minimum absolute atomic E-state index is 0.0244. The average molecular weight is 529 g/mol. The third-order valence-electron chi connectivity index (χ3n) is 7.58. The van der Waals surface area contributed by atoms with Crippen LogP contribution in [0, 0.1) is 13.8 Å². The van der Waals surface area contributed by atoms with Gasteiger partial charge in [0.1, 0.15) is 17.3 Å². The Morgan fingerprint density at radius 2 is 1.38 bits per heavy atom. The molecule has 3 aromatic rings. The standard InChI is InChI=1S/C35H32N2O3/c1-9-28-33-30(19-27(40-33)18-29-31(38)22(4)23(5)32(29)39)35(7,8)34(28)36-24(6)37(25-14-10-20(2)11-15-25)26-16-12-21(3)13-17-26/h9-19H,4-6H2,1-3,7-8H3/b28-9-,36-34+. The van der Waals surface area contributed by atoms with Crippen LogP contribution in [0.1, 0.15) is 49.0 Å². The smallest absolute Gasteiger partial charge is 0.197 e. The van der Waals surface area contributed by atoms with E-state index in [1.165, 1.54) is 17.2 Å². The molecular formula is C35H32N2O3. The van der Waals surface area contributed by atoms with Crippen molar-refractivity contribution in [3.63, 3.8) is 0 Å². The lowest BCUT2D eigenvalue weighted by Gasteiger charge is -2.27. The molecule has 1 saturated carbocycles. The monoisotopic (exact) mass is 528 g/mol. The summed E-state index contributed by atoms with van der Waals surface area (Å²) in [6.45, 7) is 22.0. The van der Waals surface area contributed by atoms with Gasteiger partial charge in [0.2, 0.25) is 0 Å². The second kappa shape index (κ2) is 9.76. The minimum Gasteiger partial charge on any atom is -0.456 e. The molecule has 5 heteroatoms. The van der Waals surface area contributed by atoms with Gasteiger partial charge in [-0.15, -0.1) is 0 Å². The second-order valence-corrected chi connectivity index (χ2v) is 10.8. The van der Waals surface area contributed by atoms with Crippen molar-refractivity contribution >= 4 is 40.3 Å². The van der Waals surface area contributed by atoms with Gasteiger partial charge in [-0.25, -0.2) is 4.99 Å². The van der Waals surface area contributed by atoms with Crippen LogP contribution in [0.3, 0.4) is 0 Å². The highest BCUT2D eigenvalue weighted by Crippen LogP contribution is 2.46. The number of hydrogen-bond acceptors (Lipinski definition) is 5. The molecule has 0 saturated heterocycles. The van der Waals surface area contributed by atoms with E-state index in [1.807, 2.05) is 24.0 Å². The van der Waals surface area contributed by atoms with Gasteiger partial charge in [-0.1, -0.05) is 61.2 Å². The molecule has 5 rings (SSSR count). The van der Waals surface area contributed by atoms with Crippen molar-refractivity contribution in [3.8, 4) is 0 Å². The number of carbonyl (C=O) groups excluding carboxylic acids is 2. The summed E-state index contributed by atoms with van der Waals surface area (Å²) in [6.07, 6.45) is 3.46. The fourth-order valence-electron chi connectivity index (χ4n) is 5.17. The Balaban J connectivity index is 1.56. The molecule has 0 bridgehead atoms. The molecule has 0 amide bonds. The van der Waals surface area contributed by atoms with Crippen molar-refractivity contribution in [1.29, 1.82) is 0 Å². The minimum atomic E-state index is -0.524. The highest BCUT2D eigenvalue weighted by Gasteiger charge is 2.43. The van der Waals surface area contributed by atoms with E-state index in [0.29, 0.717) is 17.3 Å². The summed E-state index contributed by atoms with van der Waals surface area (Å²) < 4.78 is 6.23. The molecule has 1 fully saturated rings.